The van der Waals surface area contributed by atoms with E-state index in [1.807, 2.05) is 32.9 Å². The van der Waals surface area contributed by atoms with Crippen molar-refractivity contribution in [3.05, 3.63) is 51.5 Å². The van der Waals surface area contributed by atoms with E-state index in [0.29, 0.717) is 5.75 Å². The summed E-state index contributed by atoms with van der Waals surface area (Å²) in [6.07, 6.45) is 0. The van der Waals surface area contributed by atoms with Crippen molar-refractivity contribution in [3.8, 4) is 11.5 Å². The Hall–Kier alpha value is -2.20. The third kappa shape index (κ3) is 2.95. The van der Waals surface area contributed by atoms with Crippen molar-refractivity contribution in [2.24, 2.45) is 0 Å². The molecule has 2 rings (SSSR count). The van der Waals surface area contributed by atoms with E-state index in [1.165, 1.54) is 12.1 Å². The molecule has 0 aliphatic rings. The van der Waals surface area contributed by atoms with Crippen LogP contribution in [0.4, 0.5) is 5.69 Å². The maximum absolute atomic E-state index is 11.4. The van der Waals surface area contributed by atoms with Gasteiger partial charge in [-0.2, -0.15) is 0 Å². The molecule has 0 amide bonds. The van der Waals surface area contributed by atoms with Gasteiger partial charge in [-0.1, -0.05) is 23.7 Å². The number of aryl methyl sites for hydroxylation is 2. The highest BCUT2D eigenvalue weighted by atomic mass is 35.5. The first-order valence-electron chi connectivity index (χ1n) is 6.38. The first-order chi connectivity index (χ1) is 9.81. The molecule has 0 aliphatic heterocycles. The lowest BCUT2D eigenvalue weighted by atomic mass is 10.1. The first kappa shape index (κ1) is 15.2. The van der Waals surface area contributed by atoms with Crippen LogP contribution in [0.5, 0.6) is 11.5 Å². The number of carboxylic acid groups (broad SMARTS) is 1. The number of nitrogen functional groups attached to an aromatic ring is 1. The van der Waals surface area contributed by atoms with Gasteiger partial charge < -0.3 is 15.6 Å². The minimum absolute atomic E-state index is 0.0553. The fourth-order valence-electron chi connectivity index (χ4n) is 2.06. The van der Waals surface area contributed by atoms with Crippen LogP contribution in [0.3, 0.4) is 0 Å². The molecule has 0 atom stereocenters. The molecule has 0 aliphatic carbocycles. The highest BCUT2D eigenvalue weighted by Crippen LogP contribution is 2.38. The minimum Gasteiger partial charge on any atom is -0.478 e. The lowest BCUT2D eigenvalue weighted by molar-refractivity contribution is 0.0694. The molecule has 0 unspecified atom stereocenters. The van der Waals surface area contributed by atoms with Crippen LogP contribution >= 0.6 is 11.6 Å². The molecule has 21 heavy (non-hydrogen) atoms. The molecule has 110 valence electrons. The summed E-state index contributed by atoms with van der Waals surface area (Å²) in [5, 5.41) is 9.47. The van der Waals surface area contributed by atoms with Crippen LogP contribution in [0.15, 0.2) is 24.3 Å². The van der Waals surface area contributed by atoms with Crippen molar-refractivity contribution in [1.82, 2.24) is 0 Å². The molecular formula is C16H16ClNO3. The topological polar surface area (TPSA) is 72.5 Å². The van der Waals surface area contributed by atoms with Gasteiger partial charge in [-0.3, -0.25) is 0 Å². The number of carboxylic acids is 1. The molecule has 0 aromatic heterocycles. The van der Waals surface area contributed by atoms with Gasteiger partial charge in [-0.15, -0.1) is 0 Å². The normalized spacial score (nSPS) is 10.5. The highest BCUT2D eigenvalue weighted by Gasteiger charge is 2.19. The molecule has 3 N–H and O–H groups in total. The zero-order valence-electron chi connectivity index (χ0n) is 12.0. The summed E-state index contributed by atoms with van der Waals surface area (Å²) in [7, 11) is 0. The average Bonchev–Trinajstić information content (AvgIpc) is 2.40. The van der Waals surface area contributed by atoms with Crippen LogP contribution in [0.1, 0.15) is 27.0 Å². The molecule has 0 heterocycles. The van der Waals surface area contributed by atoms with Gasteiger partial charge in [-0.05, 0) is 49.6 Å². The average molecular weight is 306 g/mol. The van der Waals surface area contributed by atoms with Crippen molar-refractivity contribution in [2.75, 3.05) is 5.73 Å². The Morgan fingerprint density at radius 2 is 1.76 bits per heavy atom. The molecule has 0 bridgehead atoms. The maximum Gasteiger partial charge on any atom is 0.339 e. The van der Waals surface area contributed by atoms with E-state index in [1.54, 1.807) is 0 Å². The van der Waals surface area contributed by atoms with Gasteiger partial charge in [0.15, 0.2) is 5.75 Å². The number of halogens is 1. The second-order valence-corrected chi connectivity index (χ2v) is 5.35. The quantitative estimate of drug-likeness (QED) is 0.827. The SMILES string of the molecule is Cc1ccc(C)c(Oc2c(Cl)cc(N)cc2C(=O)O)c1C. The predicted octanol–water partition coefficient (Wildman–Crippen LogP) is 4.34. The van der Waals surface area contributed by atoms with Crippen molar-refractivity contribution in [3.63, 3.8) is 0 Å². The molecular weight excluding hydrogens is 290 g/mol. The lowest BCUT2D eigenvalue weighted by Gasteiger charge is -2.16. The van der Waals surface area contributed by atoms with E-state index < -0.39 is 5.97 Å². The van der Waals surface area contributed by atoms with E-state index in [0.717, 1.165) is 16.7 Å². The summed E-state index contributed by atoms with van der Waals surface area (Å²) in [6, 6.07) is 6.72. The van der Waals surface area contributed by atoms with Crippen molar-refractivity contribution < 1.29 is 14.6 Å². The molecule has 4 nitrogen and oxygen atoms in total. The Morgan fingerprint density at radius 3 is 2.38 bits per heavy atom. The van der Waals surface area contributed by atoms with Crippen LogP contribution in [-0.4, -0.2) is 11.1 Å². The van der Waals surface area contributed by atoms with E-state index in [2.05, 4.69) is 0 Å². The minimum atomic E-state index is -1.14. The molecule has 0 fully saturated rings. The summed E-state index contributed by atoms with van der Waals surface area (Å²) < 4.78 is 5.83. The van der Waals surface area contributed by atoms with Gasteiger partial charge >= 0.3 is 5.97 Å². The summed E-state index contributed by atoms with van der Waals surface area (Å²) in [4.78, 5) is 11.4. The van der Waals surface area contributed by atoms with Gasteiger partial charge in [0, 0.05) is 5.69 Å². The van der Waals surface area contributed by atoms with E-state index in [9.17, 15) is 9.90 Å². The number of aromatic carboxylic acids is 1. The third-order valence-electron chi connectivity index (χ3n) is 3.37. The van der Waals surface area contributed by atoms with Crippen molar-refractivity contribution >= 4 is 23.3 Å². The van der Waals surface area contributed by atoms with Gasteiger partial charge in [0.1, 0.15) is 11.3 Å². The van der Waals surface area contributed by atoms with Crippen LogP contribution in [0, 0.1) is 20.8 Å². The first-order valence-corrected chi connectivity index (χ1v) is 6.76. The molecule has 5 heteroatoms. The van der Waals surface area contributed by atoms with Gasteiger partial charge in [0.2, 0.25) is 0 Å². The highest BCUT2D eigenvalue weighted by molar-refractivity contribution is 6.33. The smallest absolute Gasteiger partial charge is 0.339 e. The monoisotopic (exact) mass is 305 g/mol. The zero-order chi connectivity index (χ0) is 15.7. The second-order valence-electron chi connectivity index (χ2n) is 4.94. The van der Waals surface area contributed by atoms with E-state index in [4.69, 9.17) is 22.1 Å². The molecule has 0 saturated carbocycles. The number of hydrogen-bond donors (Lipinski definition) is 2. The summed E-state index contributed by atoms with van der Waals surface area (Å²) in [5.41, 5.74) is 8.77. The summed E-state index contributed by atoms with van der Waals surface area (Å²) >= 11 is 6.10. The zero-order valence-corrected chi connectivity index (χ0v) is 12.8. The summed E-state index contributed by atoms with van der Waals surface area (Å²) in [5.74, 6) is -0.415. The van der Waals surface area contributed by atoms with Gasteiger partial charge in [0.25, 0.3) is 0 Å². The van der Waals surface area contributed by atoms with Crippen LogP contribution < -0.4 is 10.5 Å². The number of ether oxygens (including phenoxy) is 1. The lowest BCUT2D eigenvalue weighted by Crippen LogP contribution is -2.04. The number of carbonyl (C=O) groups is 1. The standard InChI is InChI=1S/C16H16ClNO3/c1-8-4-5-9(2)14(10(8)3)21-15-12(16(19)20)6-11(18)7-13(15)17/h4-7H,18H2,1-3H3,(H,19,20). The van der Waals surface area contributed by atoms with Crippen LogP contribution in [0.2, 0.25) is 5.02 Å². The Labute approximate surface area is 128 Å². The second kappa shape index (κ2) is 5.66. The van der Waals surface area contributed by atoms with Crippen molar-refractivity contribution in [1.29, 1.82) is 0 Å². The van der Waals surface area contributed by atoms with Gasteiger partial charge in [-0.25, -0.2) is 4.79 Å². The Kier molecular flexibility index (Phi) is 4.09. The number of anilines is 1. The molecule has 0 saturated heterocycles. The number of benzene rings is 2. The van der Waals surface area contributed by atoms with Gasteiger partial charge in [0.05, 0.1) is 5.02 Å². The number of nitrogens with two attached hydrogens (primary N) is 1. The number of hydrogen-bond acceptors (Lipinski definition) is 3. The summed E-state index contributed by atoms with van der Waals surface area (Å²) in [6.45, 7) is 5.78. The van der Waals surface area contributed by atoms with E-state index >= 15 is 0 Å². The largest absolute Gasteiger partial charge is 0.478 e. The Bertz CT molecular complexity index is 726. The third-order valence-corrected chi connectivity index (χ3v) is 3.65. The fraction of sp³-hybridized carbons (Fsp3) is 0.188. The number of rotatable bonds is 3. The molecule has 0 radical (unpaired) electrons. The predicted molar refractivity (Wildman–Crippen MR) is 83.6 cm³/mol. The molecule has 0 spiro atoms. The van der Waals surface area contributed by atoms with Crippen molar-refractivity contribution in [2.45, 2.75) is 20.8 Å². The van der Waals surface area contributed by atoms with Crippen LogP contribution in [0.25, 0.3) is 0 Å². The fourth-order valence-corrected chi connectivity index (χ4v) is 2.33. The molecule has 2 aromatic rings. The van der Waals surface area contributed by atoms with Crippen LogP contribution in [-0.2, 0) is 0 Å². The molecule has 2 aromatic carbocycles. The maximum atomic E-state index is 11.4. The Morgan fingerprint density at radius 1 is 1.14 bits per heavy atom. The van der Waals surface area contributed by atoms with E-state index in [-0.39, 0.29) is 22.0 Å². The Balaban J connectivity index is 2.60.